The SMILES string of the molecule is C[C@H]1CCC[C@]2(C1)NC(=S)c1c(sc3c1CCCC3)N2. The Morgan fingerprint density at radius 1 is 1.20 bits per heavy atom. The summed E-state index contributed by atoms with van der Waals surface area (Å²) in [5.74, 6) is 0.780. The van der Waals surface area contributed by atoms with Gasteiger partial charge in [-0.1, -0.05) is 25.6 Å². The van der Waals surface area contributed by atoms with Crippen LogP contribution in [0.15, 0.2) is 0 Å². The Labute approximate surface area is 130 Å². The van der Waals surface area contributed by atoms with Crippen molar-refractivity contribution in [1.29, 1.82) is 0 Å². The van der Waals surface area contributed by atoms with Crippen LogP contribution in [-0.2, 0) is 12.8 Å². The second-order valence-electron chi connectivity index (χ2n) is 6.78. The zero-order valence-corrected chi connectivity index (χ0v) is 13.7. The molecule has 1 aromatic heterocycles. The standard InChI is InChI=1S/C16H22N2S2/c1-10-5-4-8-16(9-10)17-14(19)13-11-6-2-3-7-12(11)20-15(13)18-16/h10,18H,2-9H2,1H3,(H,17,19)/t10-,16-/m0/s1. The van der Waals surface area contributed by atoms with E-state index in [1.54, 1.807) is 10.4 Å². The number of rotatable bonds is 0. The van der Waals surface area contributed by atoms with Crippen molar-refractivity contribution in [3.63, 3.8) is 0 Å². The van der Waals surface area contributed by atoms with E-state index in [0.29, 0.717) is 0 Å². The predicted molar refractivity (Wildman–Crippen MR) is 89.8 cm³/mol. The lowest BCUT2D eigenvalue weighted by atomic mass is 9.81. The average Bonchev–Trinajstić information content (AvgIpc) is 2.76. The molecule has 2 atom stereocenters. The molecule has 4 heteroatoms. The van der Waals surface area contributed by atoms with E-state index in [0.717, 1.165) is 10.9 Å². The first-order valence-electron chi connectivity index (χ1n) is 7.92. The van der Waals surface area contributed by atoms with E-state index in [-0.39, 0.29) is 5.66 Å². The van der Waals surface area contributed by atoms with Gasteiger partial charge in [0.25, 0.3) is 0 Å². The van der Waals surface area contributed by atoms with Crippen molar-refractivity contribution < 1.29 is 0 Å². The number of anilines is 1. The van der Waals surface area contributed by atoms with Gasteiger partial charge in [-0.2, -0.15) is 0 Å². The third-order valence-electron chi connectivity index (χ3n) is 5.10. The molecule has 2 heterocycles. The Hall–Kier alpha value is -0.610. The molecule has 3 aliphatic rings. The molecule has 2 nitrogen and oxygen atoms in total. The molecular weight excluding hydrogens is 284 g/mol. The lowest BCUT2D eigenvalue weighted by molar-refractivity contribution is 0.241. The monoisotopic (exact) mass is 306 g/mol. The third-order valence-corrected chi connectivity index (χ3v) is 6.61. The van der Waals surface area contributed by atoms with Crippen molar-refractivity contribution >= 4 is 33.5 Å². The summed E-state index contributed by atoms with van der Waals surface area (Å²) >= 11 is 7.72. The van der Waals surface area contributed by atoms with Crippen molar-refractivity contribution in [3.8, 4) is 0 Å². The van der Waals surface area contributed by atoms with Crippen molar-refractivity contribution in [1.82, 2.24) is 5.32 Å². The highest BCUT2D eigenvalue weighted by molar-refractivity contribution is 7.80. The smallest absolute Gasteiger partial charge is 0.111 e. The number of thiophene rings is 1. The topological polar surface area (TPSA) is 24.1 Å². The molecule has 1 spiro atoms. The maximum absolute atomic E-state index is 5.75. The van der Waals surface area contributed by atoms with Crippen LogP contribution in [-0.4, -0.2) is 10.7 Å². The molecule has 0 radical (unpaired) electrons. The highest BCUT2D eigenvalue weighted by Crippen LogP contribution is 2.44. The van der Waals surface area contributed by atoms with Crippen molar-refractivity contribution in [2.24, 2.45) is 5.92 Å². The van der Waals surface area contributed by atoms with E-state index in [9.17, 15) is 0 Å². The van der Waals surface area contributed by atoms with Gasteiger partial charge in [0.15, 0.2) is 0 Å². The van der Waals surface area contributed by atoms with Crippen LogP contribution in [0.5, 0.6) is 0 Å². The Balaban J connectivity index is 1.72. The lowest BCUT2D eigenvalue weighted by Gasteiger charge is -2.45. The Bertz CT molecular complexity index is 563. The van der Waals surface area contributed by atoms with Gasteiger partial charge in [0, 0.05) is 10.4 Å². The number of nitrogens with one attached hydrogen (secondary N) is 2. The first-order chi connectivity index (χ1) is 9.67. The summed E-state index contributed by atoms with van der Waals surface area (Å²) in [6.45, 7) is 2.36. The summed E-state index contributed by atoms with van der Waals surface area (Å²) in [7, 11) is 0. The fourth-order valence-corrected chi connectivity index (χ4v) is 6.08. The van der Waals surface area contributed by atoms with Crippen molar-refractivity contribution in [3.05, 3.63) is 16.0 Å². The summed E-state index contributed by atoms with van der Waals surface area (Å²) in [4.78, 5) is 2.59. The van der Waals surface area contributed by atoms with Crippen LogP contribution in [0.2, 0.25) is 0 Å². The quantitative estimate of drug-likeness (QED) is 0.702. The van der Waals surface area contributed by atoms with E-state index in [1.165, 1.54) is 61.9 Å². The number of aryl methyl sites for hydroxylation is 1. The second kappa shape index (κ2) is 4.70. The minimum Gasteiger partial charge on any atom is -0.354 e. The minimum absolute atomic E-state index is 0.0369. The fraction of sp³-hybridized carbons (Fsp3) is 0.688. The van der Waals surface area contributed by atoms with Crippen LogP contribution in [0.1, 0.15) is 61.5 Å². The van der Waals surface area contributed by atoms with Crippen LogP contribution >= 0.6 is 23.6 Å². The van der Waals surface area contributed by atoms with E-state index in [2.05, 4.69) is 17.6 Å². The number of hydrogen-bond acceptors (Lipinski definition) is 3. The van der Waals surface area contributed by atoms with Gasteiger partial charge >= 0.3 is 0 Å². The largest absolute Gasteiger partial charge is 0.354 e. The molecule has 0 bridgehead atoms. The Morgan fingerprint density at radius 3 is 2.90 bits per heavy atom. The summed E-state index contributed by atoms with van der Waals surface area (Å²) in [5, 5.41) is 8.89. The molecule has 1 aliphatic heterocycles. The molecule has 1 fully saturated rings. The number of fused-ring (bicyclic) bond motifs is 3. The van der Waals surface area contributed by atoms with Gasteiger partial charge in [-0.3, -0.25) is 0 Å². The zero-order chi connectivity index (χ0) is 13.7. The maximum Gasteiger partial charge on any atom is 0.111 e. The molecule has 0 aromatic carbocycles. The molecule has 4 rings (SSSR count). The van der Waals surface area contributed by atoms with E-state index >= 15 is 0 Å². The van der Waals surface area contributed by atoms with E-state index < -0.39 is 0 Å². The summed E-state index contributed by atoms with van der Waals surface area (Å²) in [6, 6.07) is 0. The molecule has 0 unspecified atom stereocenters. The molecule has 0 amide bonds. The summed E-state index contributed by atoms with van der Waals surface area (Å²) < 4.78 is 0. The minimum atomic E-state index is 0.0369. The molecule has 0 saturated heterocycles. The molecule has 108 valence electrons. The van der Waals surface area contributed by atoms with Gasteiger partial charge in [0.05, 0.1) is 0 Å². The summed E-state index contributed by atoms with van der Waals surface area (Å²) in [6.07, 6.45) is 10.2. The predicted octanol–water partition coefficient (Wildman–Crippen LogP) is 4.22. The molecular formula is C16H22N2S2. The van der Waals surface area contributed by atoms with Gasteiger partial charge in [-0.25, -0.2) is 0 Å². The lowest BCUT2D eigenvalue weighted by Crippen LogP contribution is -2.59. The molecule has 1 saturated carbocycles. The second-order valence-corrected chi connectivity index (χ2v) is 8.29. The number of thiocarbonyl (C=S) groups is 1. The first-order valence-corrected chi connectivity index (χ1v) is 9.15. The zero-order valence-electron chi connectivity index (χ0n) is 12.1. The normalized spacial score (nSPS) is 32.2. The van der Waals surface area contributed by atoms with E-state index in [1.807, 2.05) is 11.3 Å². The molecule has 1 aromatic rings. The van der Waals surface area contributed by atoms with Crippen LogP contribution in [0.4, 0.5) is 5.00 Å². The van der Waals surface area contributed by atoms with Gasteiger partial charge in [-0.15, -0.1) is 11.3 Å². The van der Waals surface area contributed by atoms with Crippen molar-refractivity contribution in [2.45, 2.75) is 64.0 Å². The van der Waals surface area contributed by atoms with Gasteiger partial charge in [0.1, 0.15) is 15.7 Å². The van der Waals surface area contributed by atoms with Crippen molar-refractivity contribution in [2.75, 3.05) is 5.32 Å². The van der Waals surface area contributed by atoms with Gasteiger partial charge in [-0.05, 0) is 56.4 Å². The Morgan fingerprint density at radius 2 is 2.05 bits per heavy atom. The third kappa shape index (κ3) is 2.00. The van der Waals surface area contributed by atoms with Crippen LogP contribution < -0.4 is 10.6 Å². The highest BCUT2D eigenvalue weighted by Gasteiger charge is 2.41. The van der Waals surface area contributed by atoms with Gasteiger partial charge in [0.2, 0.25) is 0 Å². The highest BCUT2D eigenvalue weighted by atomic mass is 32.1. The fourth-order valence-electron chi connectivity index (χ4n) is 4.20. The average molecular weight is 307 g/mol. The summed E-state index contributed by atoms with van der Waals surface area (Å²) in [5.41, 5.74) is 2.92. The van der Waals surface area contributed by atoms with Crippen LogP contribution in [0.3, 0.4) is 0 Å². The molecule has 20 heavy (non-hydrogen) atoms. The van der Waals surface area contributed by atoms with Crippen LogP contribution in [0.25, 0.3) is 0 Å². The number of hydrogen-bond donors (Lipinski definition) is 2. The van der Waals surface area contributed by atoms with Gasteiger partial charge < -0.3 is 10.6 Å². The molecule has 2 aliphatic carbocycles. The molecule has 2 N–H and O–H groups in total. The Kier molecular flexibility index (Phi) is 3.08. The van der Waals surface area contributed by atoms with Crippen LogP contribution in [0, 0.1) is 5.92 Å². The van der Waals surface area contributed by atoms with E-state index in [4.69, 9.17) is 12.2 Å². The maximum atomic E-state index is 5.75. The first kappa shape index (κ1) is 13.1.